The van der Waals surface area contributed by atoms with Gasteiger partial charge in [0.25, 0.3) is 0 Å². The number of likely N-dealkylation sites (N-methyl/N-ethyl adjacent to an activating group) is 1. The van der Waals surface area contributed by atoms with Gasteiger partial charge in [0.2, 0.25) is 0 Å². The quantitative estimate of drug-likeness (QED) is 0.0263. The van der Waals surface area contributed by atoms with Crippen LogP contribution >= 0.6 is 0 Å². The molecule has 0 saturated heterocycles. The second-order valence-electron chi connectivity index (χ2n) is 16.3. The third kappa shape index (κ3) is 38.3. The van der Waals surface area contributed by atoms with E-state index in [-0.39, 0.29) is 42.7 Å². The van der Waals surface area contributed by atoms with Crippen molar-refractivity contribution in [1.82, 2.24) is 0 Å². The minimum absolute atomic E-state index is 0.0282. The maximum Gasteiger partial charge on any atom is 0.306 e. The van der Waals surface area contributed by atoms with E-state index >= 15 is 0 Å². The van der Waals surface area contributed by atoms with Crippen molar-refractivity contribution in [2.75, 3.05) is 41.0 Å². The van der Waals surface area contributed by atoms with Crippen LogP contribution in [0.2, 0.25) is 0 Å². The maximum absolute atomic E-state index is 12.7. The zero-order valence-electron chi connectivity index (χ0n) is 37.2. The summed E-state index contributed by atoms with van der Waals surface area (Å²) in [6.07, 6.45) is 48.1. The summed E-state index contributed by atoms with van der Waals surface area (Å²) in [6, 6.07) is -0.732. The number of ether oxygens (including phenoxy) is 3. The Balaban J connectivity index is 4.37. The van der Waals surface area contributed by atoms with E-state index in [0.717, 1.165) is 89.9 Å². The number of unbranched alkanes of at least 4 members (excludes halogenated alkanes) is 16. The third-order valence-corrected chi connectivity index (χ3v) is 9.88. The molecule has 57 heavy (non-hydrogen) atoms. The Hall–Kier alpha value is -2.97. The zero-order valence-corrected chi connectivity index (χ0v) is 37.2. The van der Waals surface area contributed by atoms with Gasteiger partial charge in [0.1, 0.15) is 12.6 Å². The number of esters is 2. The first-order valence-electron chi connectivity index (χ1n) is 22.8. The SMILES string of the molecule is CCCCC/C=C/C/C=C/C/C=C/C/C=C/CCCCCCCC(=O)OC(COCCC(C(=O)[O-])[N+](C)(C)C)COC(=O)CCCCCCC/C=C/CCCCC. The van der Waals surface area contributed by atoms with Crippen molar-refractivity contribution in [1.29, 1.82) is 0 Å². The first-order valence-corrected chi connectivity index (χ1v) is 22.8. The predicted molar refractivity (Wildman–Crippen MR) is 236 cm³/mol. The van der Waals surface area contributed by atoms with E-state index in [2.05, 4.69) is 74.6 Å². The Labute approximate surface area is 349 Å². The topological polar surface area (TPSA) is 102 Å². The van der Waals surface area contributed by atoms with Gasteiger partial charge < -0.3 is 28.6 Å². The van der Waals surface area contributed by atoms with E-state index in [1.165, 1.54) is 57.8 Å². The molecule has 0 radical (unpaired) electrons. The molecular formula is C49H85NO7. The molecule has 0 saturated carbocycles. The summed E-state index contributed by atoms with van der Waals surface area (Å²) in [4.78, 5) is 36.8. The molecular weight excluding hydrogens is 715 g/mol. The van der Waals surface area contributed by atoms with Crippen molar-refractivity contribution in [2.45, 2.75) is 193 Å². The van der Waals surface area contributed by atoms with Crippen LogP contribution in [0.1, 0.15) is 181 Å². The fraction of sp³-hybridized carbons (Fsp3) is 0.735. The van der Waals surface area contributed by atoms with E-state index in [1.807, 2.05) is 0 Å². The Bertz CT molecular complexity index is 1120. The molecule has 0 fully saturated rings. The number of rotatable bonds is 40. The van der Waals surface area contributed by atoms with Crippen molar-refractivity contribution >= 4 is 17.9 Å². The Morgan fingerprint density at radius 1 is 0.526 bits per heavy atom. The fourth-order valence-corrected chi connectivity index (χ4v) is 6.28. The molecule has 8 heteroatoms. The van der Waals surface area contributed by atoms with Crippen LogP contribution in [0.3, 0.4) is 0 Å². The van der Waals surface area contributed by atoms with Crippen molar-refractivity contribution < 1.29 is 38.2 Å². The average molecular weight is 800 g/mol. The van der Waals surface area contributed by atoms with Gasteiger partial charge in [0, 0.05) is 19.3 Å². The fourth-order valence-electron chi connectivity index (χ4n) is 6.28. The Morgan fingerprint density at radius 2 is 0.930 bits per heavy atom. The van der Waals surface area contributed by atoms with Crippen molar-refractivity contribution in [3.05, 3.63) is 60.8 Å². The van der Waals surface area contributed by atoms with E-state index in [0.29, 0.717) is 12.8 Å². The normalized spacial score (nSPS) is 13.5. The largest absolute Gasteiger partial charge is 0.544 e. The summed E-state index contributed by atoms with van der Waals surface area (Å²) in [5, 5.41) is 11.6. The molecule has 0 aliphatic heterocycles. The van der Waals surface area contributed by atoms with Gasteiger partial charge in [0.15, 0.2) is 6.10 Å². The molecule has 0 rings (SSSR count). The summed E-state index contributed by atoms with van der Waals surface area (Å²) < 4.78 is 17.1. The number of carbonyl (C=O) groups is 3. The lowest BCUT2D eigenvalue weighted by Crippen LogP contribution is -2.55. The smallest absolute Gasteiger partial charge is 0.306 e. The summed E-state index contributed by atoms with van der Waals surface area (Å²) in [6.45, 7) is 4.57. The number of carboxylic acids is 1. The molecule has 0 aromatic rings. The first kappa shape index (κ1) is 54.0. The molecule has 0 bridgehead atoms. The number of allylic oxidation sites excluding steroid dienone is 10. The van der Waals surface area contributed by atoms with Gasteiger partial charge in [0.05, 0.1) is 40.3 Å². The highest BCUT2D eigenvalue weighted by molar-refractivity contribution is 5.70. The number of hydrogen-bond acceptors (Lipinski definition) is 7. The highest BCUT2D eigenvalue weighted by Gasteiger charge is 2.25. The van der Waals surface area contributed by atoms with Crippen LogP contribution in [0.15, 0.2) is 60.8 Å². The summed E-state index contributed by atoms with van der Waals surface area (Å²) in [5.41, 5.74) is 0. The molecule has 0 heterocycles. The second-order valence-corrected chi connectivity index (χ2v) is 16.3. The van der Waals surface area contributed by atoms with Crippen molar-refractivity contribution in [2.24, 2.45) is 0 Å². The number of nitrogens with zero attached hydrogens (tertiary/aromatic N) is 1. The first-order chi connectivity index (χ1) is 27.6. The molecule has 2 unspecified atom stereocenters. The summed E-state index contributed by atoms with van der Waals surface area (Å²) >= 11 is 0. The minimum Gasteiger partial charge on any atom is -0.544 e. The maximum atomic E-state index is 12.7. The molecule has 0 amide bonds. The molecule has 2 atom stereocenters. The molecule has 0 aromatic heterocycles. The second kappa shape index (κ2) is 39.8. The minimum atomic E-state index is -1.13. The third-order valence-electron chi connectivity index (χ3n) is 9.88. The van der Waals surface area contributed by atoms with Crippen LogP contribution in [0.25, 0.3) is 0 Å². The molecule has 8 nitrogen and oxygen atoms in total. The van der Waals surface area contributed by atoms with Crippen molar-refractivity contribution in [3.63, 3.8) is 0 Å². The average Bonchev–Trinajstić information content (AvgIpc) is 3.17. The number of carboxylic acid groups (broad SMARTS) is 1. The van der Waals surface area contributed by atoms with E-state index in [9.17, 15) is 19.5 Å². The van der Waals surface area contributed by atoms with Crippen LogP contribution in [0.4, 0.5) is 0 Å². The van der Waals surface area contributed by atoms with Crippen LogP contribution in [-0.2, 0) is 28.6 Å². The lowest BCUT2D eigenvalue weighted by atomic mass is 10.1. The molecule has 0 aliphatic carbocycles. The highest BCUT2D eigenvalue weighted by Crippen LogP contribution is 2.13. The Kier molecular flexibility index (Phi) is 37.8. The van der Waals surface area contributed by atoms with Crippen LogP contribution in [0.5, 0.6) is 0 Å². The number of quaternary nitrogens is 1. The molecule has 0 aromatic carbocycles. The Morgan fingerprint density at radius 3 is 1.39 bits per heavy atom. The number of aliphatic carboxylic acids is 1. The summed E-state index contributed by atoms with van der Waals surface area (Å²) in [7, 11) is 5.39. The molecule has 328 valence electrons. The lowest BCUT2D eigenvalue weighted by molar-refractivity contribution is -0.889. The highest BCUT2D eigenvalue weighted by atomic mass is 16.6. The standard InChI is InChI=1S/C49H85NO7/c1-6-8-10-12-14-16-18-20-21-22-23-24-25-26-27-28-30-32-34-36-38-40-48(52)57-45(43-55-42-41-46(49(53)54)50(3,4)5)44-56-47(51)39-37-35-33-31-29-19-17-15-13-11-9-7-2/h14-17,20-21,23-24,26-27,45-46H,6-13,18-19,22,25,28-44H2,1-5H3/b16-14+,17-15+,21-20+,24-23+,27-26+. The van der Waals surface area contributed by atoms with Gasteiger partial charge in [-0.15, -0.1) is 0 Å². The monoisotopic (exact) mass is 800 g/mol. The van der Waals surface area contributed by atoms with Crippen molar-refractivity contribution in [3.8, 4) is 0 Å². The van der Waals surface area contributed by atoms with Gasteiger partial charge >= 0.3 is 11.9 Å². The van der Waals surface area contributed by atoms with Gasteiger partial charge in [-0.1, -0.05) is 139 Å². The molecule has 0 N–H and O–H groups in total. The van der Waals surface area contributed by atoms with E-state index < -0.39 is 18.1 Å². The van der Waals surface area contributed by atoms with Crippen LogP contribution < -0.4 is 5.11 Å². The van der Waals surface area contributed by atoms with Gasteiger partial charge in [-0.25, -0.2) is 0 Å². The lowest BCUT2D eigenvalue weighted by Gasteiger charge is -2.34. The van der Waals surface area contributed by atoms with Gasteiger partial charge in [-0.3, -0.25) is 9.59 Å². The van der Waals surface area contributed by atoms with Gasteiger partial charge in [-0.2, -0.15) is 0 Å². The van der Waals surface area contributed by atoms with E-state index in [1.54, 1.807) is 21.1 Å². The van der Waals surface area contributed by atoms with Crippen LogP contribution in [-0.4, -0.2) is 75.5 Å². The molecule has 0 spiro atoms. The van der Waals surface area contributed by atoms with Gasteiger partial charge in [-0.05, 0) is 83.5 Å². The zero-order chi connectivity index (χ0) is 42.1. The summed E-state index contributed by atoms with van der Waals surface area (Å²) in [5.74, 6) is -1.78. The van der Waals surface area contributed by atoms with E-state index in [4.69, 9.17) is 14.2 Å². The number of hydrogen-bond donors (Lipinski definition) is 0. The number of carbonyl (C=O) groups excluding carboxylic acids is 3. The predicted octanol–water partition coefficient (Wildman–Crippen LogP) is 11.2. The molecule has 0 aliphatic rings. The van der Waals surface area contributed by atoms with Crippen LogP contribution in [0, 0.1) is 0 Å².